The number of benzene rings is 1. The third kappa shape index (κ3) is 3.52. The first kappa shape index (κ1) is 17.5. The van der Waals surface area contributed by atoms with Gasteiger partial charge in [0.25, 0.3) is 11.9 Å². The zero-order valence-corrected chi connectivity index (χ0v) is 16.0. The van der Waals surface area contributed by atoms with Gasteiger partial charge in [-0.2, -0.15) is 4.98 Å². The zero-order chi connectivity index (χ0) is 19.0. The number of aryl methyl sites for hydroxylation is 3. The van der Waals surface area contributed by atoms with Crippen LogP contribution in [0.2, 0.25) is 0 Å². The molecule has 0 aliphatic carbocycles. The van der Waals surface area contributed by atoms with E-state index in [9.17, 15) is 4.79 Å². The normalized spacial score (nSPS) is 15.2. The molecule has 2 aromatic heterocycles. The van der Waals surface area contributed by atoms with Crippen LogP contribution in [-0.2, 0) is 0 Å². The smallest absolute Gasteiger partial charge is 0.300 e. The summed E-state index contributed by atoms with van der Waals surface area (Å²) in [6.45, 7) is 8.93. The Morgan fingerprint density at radius 2 is 1.81 bits per heavy atom. The van der Waals surface area contributed by atoms with Gasteiger partial charge in [0, 0.05) is 37.4 Å². The average Bonchev–Trinajstić information content (AvgIpc) is 2.91. The lowest BCUT2D eigenvalue weighted by Crippen LogP contribution is -2.35. The van der Waals surface area contributed by atoms with Gasteiger partial charge in [-0.15, -0.1) is 0 Å². The summed E-state index contributed by atoms with van der Waals surface area (Å²) in [5, 5.41) is 0. The van der Waals surface area contributed by atoms with Crippen molar-refractivity contribution in [3.63, 3.8) is 0 Å². The van der Waals surface area contributed by atoms with Crippen LogP contribution in [-0.4, -0.2) is 47.0 Å². The molecule has 3 heterocycles. The topological polar surface area (TPSA) is 62.5 Å². The van der Waals surface area contributed by atoms with Gasteiger partial charge >= 0.3 is 0 Å². The summed E-state index contributed by atoms with van der Waals surface area (Å²) >= 11 is 0. The van der Waals surface area contributed by atoms with Crippen molar-refractivity contribution in [3.05, 3.63) is 52.7 Å². The molecule has 1 saturated heterocycles. The summed E-state index contributed by atoms with van der Waals surface area (Å²) in [5.41, 5.74) is 5.36. The number of carbonyl (C=O) groups excluding carboxylic acids is 1. The van der Waals surface area contributed by atoms with Gasteiger partial charge in [-0.25, -0.2) is 4.98 Å². The molecule has 6 heteroatoms. The van der Waals surface area contributed by atoms with Crippen LogP contribution in [0.4, 0.5) is 6.01 Å². The van der Waals surface area contributed by atoms with E-state index < -0.39 is 0 Å². The molecular formula is C21H24N4O2. The molecule has 0 unspecified atom stereocenters. The van der Waals surface area contributed by atoms with E-state index in [-0.39, 0.29) is 5.91 Å². The maximum atomic E-state index is 12.9. The molecule has 1 fully saturated rings. The van der Waals surface area contributed by atoms with E-state index in [1.165, 1.54) is 5.56 Å². The van der Waals surface area contributed by atoms with Gasteiger partial charge in [0.2, 0.25) is 5.65 Å². The van der Waals surface area contributed by atoms with Gasteiger partial charge in [-0.1, -0.05) is 6.07 Å². The number of fused-ring (bicyclic) bond motifs is 1. The first-order chi connectivity index (χ1) is 13.0. The molecule has 1 aliphatic heterocycles. The van der Waals surface area contributed by atoms with Crippen molar-refractivity contribution >= 4 is 23.2 Å². The van der Waals surface area contributed by atoms with E-state index in [0.29, 0.717) is 30.3 Å². The molecule has 0 spiro atoms. The van der Waals surface area contributed by atoms with Crippen molar-refractivity contribution in [1.82, 2.24) is 14.9 Å². The standard InChI is InChI=1S/C21H24N4O2/c1-14-5-7-17(13-15(14)2)20(26)24-9-4-10-25(12-11-24)21-23-19-18(27-21)8-6-16(3)22-19/h5-8,13H,4,9-12H2,1-3H3. The van der Waals surface area contributed by atoms with E-state index in [0.717, 1.165) is 36.3 Å². The minimum absolute atomic E-state index is 0.0924. The number of pyridine rings is 1. The van der Waals surface area contributed by atoms with E-state index in [1.54, 1.807) is 0 Å². The number of nitrogens with zero attached hydrogens (tertiary/aromatic N) is 4. The predicted octanol–water partition coefficient (Wildman–Crippen LogP) is 3.50. The van der Waals surface area contributed by atoms with E-state index >= 15 is 0 Å². The van der Waals surface area contributed by atoms with Crippen molar-refractivity contribution in [2.45, 2.75) is 27.2 Å². The average molecular weight is 364 g/mol. The Hall–Kier alpha value is -2.89. The Balaban J connectivity index is 1.49. The number of amides is 1. The van der Waals surface area contributed by atoms with Crippen LogP contribution in [0.3, 0.4) is 0 Å². The monoisotopic (exact) mass is 364 g/mol. The second-order valence-corrected chi connectivity index (χ2v) is 7.20. The number of rotatable bonds is 2. The highest BCUT2D eigenvalue weighted by Crippen LogP contribution is 2.22. The van der Waals surface area contributed by atoms with Crippen molar-refractivity contribution in [2.75, 3.05) is 31.1 Å². The number of aromatic nitrogens is 2. The number of carbonyl (C=O) groups is 1. The molecular weight excluding hydrogens is 340 g/mol. The van der Waals surface area contributed by atoms with Crippen LogP contribution < -0.4 is 4.90 Å². The minimum atomic E-state index is 0.0924. The Labute approximate surface area is 158 Å². The quantitative estimate of drug-likeness (QED) is 0.696. The molecule has 6 nitrogen and oxygen atoms in total. The van der Waals surface area contributed by atoms with Crippen molar-refractivity contribution in [1.29, 1.82) is 0 Å². The molecule has 1 aromatic carbocycles. The lowest BCUT2D eigenvalue weighted by atomic mass is 10.1. The fourth-order valence-corrected chi connectivity index (χ4v) is 3.41. The fraction of sp³-hybridized carbons (Fsp3) is 0.381. The molecule has 1 aliphatic rings. The highest BCUT2D eigenvalue weighted by Gasteiger charge is 2.23. The predicted molar refractivity (Wildman–Crippen MR) is 105 cm³/mol. The fourth-order valence-electron chi connectivity index (χ4n) is 3.41. The van der Waals surface area contributed by atoms with E-state index in [2.05, 4.69) is 21.8 Å². The summed E-state index contributed by atoms with van der Waals surface area (Å²) in [5.74, 6) is 0.0924. The lowest BCUT2D eigenvalue weighted by molar-refractivity contribution is 0.0767. The molecule has 27 heavy (non-hydrogen) atoms. The summed E-state index contributed by atoms with van der Waals surface area (Å²) in [7, 11) is 0. The van der Waals surface area contributed by atoms with Gasteiger partial charge in [0.1, 0.15) is 0 Å². The van der Waals surface area contributed by atoms with E-state index in [4.69, 9.17) is 4.42 Å². The van der Waals surface area contributed by atoms with Crippen LogP contribution >= 0.6 is 0 Å². The maximum absolute atomic E-state index is 12.9. The molecule has 0 N–H and O–H groups in total. The molecule has 1 amide bonds. The first-order valence-electron chi connectivity index (χ1n) is 9.37. The molecule has 0 saturated carbocycles. The third-order valence-electron chi connectivity index (χ3n) is 5.19. The number of hydrogen-bond donors (Lipinski definition) is 0. The number of hydrogen-bond acceptors (Lipinski definition) is 5. The second-order valence-electron chi connectivity index (χ2n) is 7.20. The Bertz CT molecular complexity index is 995. The molecule has 140 valence electrons. The summed E-state index contributed by atoms with van der Waals surface area (Å²) in [6.07, 6.45) is 0.877. The molecule has 4 rings (SSSR count). The summed E-state index contributed by atoms with van der Waals surface area (Å²) < 4.78 is 5.88. The summed E-state index contributed by atoms with van der Waals surface area (Å²) in [6, 6.07) is 10.3. The molecule has 3 aromatic rings. The van der Waals surface area contributed by atoms with Gasteiger partial charge in [-0.3, -0.25) is 4.79 Å². The van der Waals surface area contributed by atoms with Crippen molar-refractivity contribution in [3.8, 4) is 0 Å². The highest BCUT2D eigenvalue weighted by molar-refractivity contribution is 5.94. The Morgan fingerprint density at radius 3 is 2.63 bits per heavy atom. The van der Waals surface area contributed by atoms with E-state index in [1.807, 2.05) is 49.1 Å². The number of oxazole rings is 1. The third-order valence-corrected chi connectivity index (χ3v) is 5.19. The first-order valence-corrected chi connectivity index (χ1v) is 9.37. The second kappa shape index (κ2) is 7.02. The van der Waals surface area contributed by atoms with Gasteiger partial charge in [-0.05, 0) is 62.6 Å². The van der Waals surface area contributed by atoms with Gasteiger partial charge in [0.15, 0.2) is 5.58 Å². The zero-order valence-electron chi connectivity index (χ0n) is 16.0. The van der Waals surface area contributed by atoms with Crippen LogP contribution in [0.15, 0.2) is 34.7 Å². The van der Waals surface area contributed by atoms with Crippen molar-refractivity contribution < 1.29 is 9.21 Å². The SMILES string of the molecule is Cc1ccc2oc(N3CCCN(C(=O)c4ccc(C)c(C)c4)CC3)nc2n1. The Kier molecular flexibility index (Phi) is 4.56. The number of anilines is 1. The molecule has 0 atom stereocenters. The minimum Gasteiger partial charge on any atom is -0.422 e. The van der Waals surface area contributed by atoms with Crippen molar-refractivity contribution in [2.24, 2.45) is 0 Å². The maximum Gasteiger partial charge on any atom is 0.300 e. The van der Waals surface area contributed by atoms with Crippen LogP contribution in [0.1, 0.15) is 33.6 Å². The lowest BCUT2D eigenvalue weighted by Gasteiger charge is -2.21. The molecule has 0 bridgehead atoms. The van der Waals surface area contributed by atoms with Crippen LogP contribution in [0, 0.1) is 20.8 Å². The van der Waals surface area contributed by atoms with Gasteiger partial charge < -0.3 is 14.2 Å². The highest BCUT2D eigenvalue weighted by atomic mass is 16.4. The van der Waals surface area contributed by atoms with Gasteiger partial charge in [0.05, 0.1) is 0 Å². The van der Waals surface area contributed by atoms with Crippen LogP contribution in [0.5, 0.6) is 0 Å². The Morgan fingerprint density at radius 1 is 0.963 bits per heavy atom. The molecule has 0 radical (unpaired) electrons. The summed E-state index contributed by atoms with van der Waals surface area (Å²) in [4.78, 5) is 25.9. The van der Waals surface area contributed by atoms with Crippen LogP contribution in [0.25, 0.3) is 11.2 Å². The largest absolute Gasteiger partial charge is 0.422 e.